The first kappa shape index (κ1) is 22.3. The monoisotopic (exact) mass is 430 g/mol. The number of benzene rings is 2. The second-order valence-electron chi connectivity index (χ2n) is 7.79. The van der Waals surface area contributed by atoms with Crippen LogP contribution in [0.25, 0.3) is 0 Å². The lowest BCUT2D eigenvalue weighted by atomic mass is 10.1. The SMILES string of the molecule is Cc1ccccc1OCCN(C)C(=O)c1ccc(C)c(S(=O)(=O)N2CCCCC2)c1. The van der Waals surface area contributed by atoms with Crippen LogP contribution >= 0.6 is 0 Å². The molecule has 6 nitrogen and oxygen atoms in total. The molecule has 0 saturated carbocycles. The highest BCUT2D eigenvalue weighted by molar-refractivity contribution is 7.89. The largest absolute Gasteiger partial charge is 0.491 e. The molecule has 1 aliphatic rings. The third kappa shape index (κ3) is 5.02. The zero-order valence-electron chi connectivity index (χ0n) is 17.9. The molecule has 2 aromatic rings. The van der Waals surface area contributed by atoms with E-state index in [2.05, 4.69) is 0 Å². The molecule has 0 spiro atoms. The predicted molar refractivity (Wildman–Crippen MR) is 117 cm³/mol. The van der Waals surface area contributed by atoms with Gasteiger partial charge in [-0.05, 0) is 56.0 Å². The van der Waals surface area contributed by atoms with E-state index >= 15 is 0 Å². The predicted octanol–water partition coefficient (Wildman–Crippen LogP) is 3.63. The van der Waals surface area contributed by atoms with Crippen molar-refractivity contribution in [2.24, 2.45) is 0 Å². The van der Waals surface area contributed by atoms with Crippen LogP contribution in [0.15, 0.2) is 47.4 Å². The van der Waals surface area contributed by atoms with Crippen molar-refractivity contribution in [3.05, 3.63) is 59.2 Å². The number of sulfonamides is 1. The number of rotatable bonds is 7. The molecule has 0 N–H and O–H groups in total. The Kier molecular flexibility index (Phi) is 7.15. The zero-order valence-corrected chi connectivity index (χ0v) is 18.7. The van der Waals surface area contributed by atoms with Gasteiger partial charge in [-0.2, -0.15) is 4.31 Å². The highest BCUT2D eigenvalue weighted by atomic mass is 32.2. The standard InChI is InChI=1S/C23H30N2O4S/c1-18-9-5-6-10-21(18)29-16-15-24(3)23(26)20-12-11-19(2)22(17-20)30(27,28)25-13-7-4-8-14-25/h5-6,9-12,17H,4,7-8,13-16H2,1-3H3. The molecule has 1 saturated heterocycles. The summed E-state index contributed by atoms with van der Waals surface area (Å²) in [7, 11) is -1.90. The van der Waals surface area contributed by atoms with Crippen LogP contribution < -0.4 is 4.74 Å². The molecular weight excluding hydrogens is 400 g/mol. The number of nitrogens with zero attached hydrogens (tertiary/aromatic N) is 2. The van der Waals surface area contributed by atoms with E-state index in [-0.39, 0.29) is 10.8 Å². The number of piperidine rings is 1. The van der Waals surface area contributed by atoms with Crippen molar-refractivity contribution in [1.82, 2.24) is 9.21 Å². The van der Waals surface area contributed by atoms with Gasteiger partial charge < -0.3 is 9.64 Å². The summed E-state index contributed by atoms with van der Waals surface area (Å²) in [6.07, 6.45) is 2.81. The van der Waals surface area contributed by atoms with Crippen LogP contribution in [0.4, 0.5) is 0 Å². The first-order chi connectivity index (χ1) is 14.3. The molecule has 7 heteroatoms. The Labute approximate surface area is 179 Å². The average Bonchev–Trinajstić information content (AvgIpc) is 2.75. The summed E-state index contributed by atoms with van der Waals surface area (Å²) in [6, 6.07) is 12.6. The molecule has 1 amide bonds. The van der Waals surface area contributed by atoms with Gasteiger partial charge in [-0.15, -0.1) is 0 Å². The average molecular weight is 431 g/mol. The molecule has 0 radical (unpaired) electrons. The Balaban J connectivity index is 1.70. The lowest BCUT2D eigenvalue weighted by molar-refractivity contribution is 0.0773. The van der Waals surface area contributed by atoms with Crippen molar-refractivity contribution in [3.8, 4) is 5.75 Å². The van der Waals surface area contributed by atoms with Gasteiger partial charge in [0, 0.05) is 25.7 Å². The summed E-state index contributed by atoms with van der Waals surface area (Å²) >= 11 is 0. The Bertz CT molecular complexity index is 998. The highest BCUT2D eigenvalue weighted by Gasteiger charge is 2.28. The third-order valence-electron chi connectivity index (χ3n) is 5.49. The number of hydrogen-bond donors (Lipinski definition) is 0. The summed E-state index contributed by atoms with van der Waals surface area (Å²) in [5.74, 6) is 0.571. The Morgan fingerprint density at radius 1 is 1.03 bits per heavy atom. The van der Waals surface area contributed by atoms with Crippen molar-refractivity contribution in [2.75, 3.05) is 33.3 Å². The minimum atomic E-state index is -3.59. The van der Waals surface area contributed by atoms with E-state index in [9.17, 15) is 13.2 Å². The minimum absolute atomic E-state index is 0.222. The molecule has 0 aromatic heterocycles. The van der Waals surface area contributed by atoms with Crippen LogP contribution in [0.5, 0.6) is 5.75 Å². The molecule has 1 fully saturated rings. The summed E-state index contributed by atoms with van der Waals surface area (Å²) in [6.45, 7) is 5.57. The van der Waals surface area contributed by atoms with E-state index in [1.54, 1.807) is 31.0 Å². The van der Waals surface area contributed by atoms with Gasteiger partial charge in [0.1, 0.15) is 12.4 Å². The maximum absolute atomic E-state index is 13.1. The van der Waals surface area contributed by atoms with Crippen molar-refractivity contribution in [1.29, 1.82) is 0 Å². The van der Waals surface area contributed by atoms with Gasteiger partial charge in [-0.1, -0.05) is 30.7 Å². The molecule has 1 heterocycles. The van der Waals surface area contributed by atoms with Gasteiger partial charge in [0.2, 0.25) is 10.0 Å². The van der Waals surface area contributed by atoms with Crippen LogP contribution in [0.2, 0.25) is 0 Å². The molecule has 3 rings (SSSR count). The first-order valence-electron chi connectivity index (χ1n) is 10.4. The summed E-state index contributed by atoms with van der Waals surface area (Å²) < 4.78 is 33.5. The fourth-order valence-electron chi connectivity index (χ4n) is 3.59. The maximum Gasteiger partial charge on any atom is 0.253 e. The second kappa shape index (κ2) is 9.62. The molecule has 30 heavy (non-hydrogen) atoms. The van der Waals surface area contributed by atoms with Gasteiger partial charge in [0.25, 0.3) is 5.91 Å². The van der Waals surface area contributed by atoms with E-state index in [0.717, 1.165) is 30.6 Å². The molecule has 0 aliphatic carbocycles. The van der Waals surface area contributed by atoms with Crippen molar-refractivity contribution in [2.45, 2.75) is 38.0 Å². The number of ether oxygens (including phenoxy) is 1. The number of hydrogen-bond acceptors (Lipinski definition) is 4. The third-order valence-corrected chi connectivity index (χ3v) is 7.53. The van der Waals surface area contributed by atoms with Gasteiger partial charge in [0.05, 0.1) is 11.4 Å². The van der Waals surface area contributed by atoms with Crippen LogP contribution in [-0.2, 0) is 10.0 Å². The smallest absolute Gasteiger partial charge is 0.253 e. The van der Waals surface area contributed by atoms with Gasteiger partial charge >= 0.3 is 0 Å². The van der Waals surface area contributed by atoms with Crippen molar-refractivity contribution >= 4 is 15.9 Å². The highest BCUT2D eigenvalue weighted by Crippen LogP contribution is 2.25. The topological polar surface area (TPSA) is 66.9 Å². The zero-order chi connectivity index (χ0) is 21.7. The molecule has 0 unspecified atom stereocenters. The van der Waals surface area contributed by atoms with Crippen LogP contribution in [0.3, 0.4) is 0 Å². The van der Waals surface area contributed by atoms with Gasteiger partial charge in [0.15, 0.2) is 0 Å². The van der Waals surface area contributed by atoms with E-state index in [1.807, 2.05) is 31.2 Å². The van der Waals surface area contributed by atoms with Crippen LogP contribution in [0.1, 0.15) is 40.7 Å². The minimum Gasteiger partial charge on any atom is -0.491 e. The lowest BCUT2D eigenvalue weighted by Gasteiger charge is -2.27. The van der Waals surface area contributed by atoms with Crippen molar-refractivity contribution in [3.63, 3.8) is 0 Å². The van der Waals surface area contributed by atoms with Crippen molar-refractivity contribution < 1.29 is 17.9 Å². The van der Waals surface area contributed by atoms with Gasteiger partial charge in [-0.25, -0.2) is 8.42 Å². The molecule has 162 valence electrons. The van der Waals surface area contributed by atoms with Gasteiger partial charge in [-0.3, -0.25) is 4.79 Å². The molecule has 0 bridgehead atoms. The molecule has 0 atom stereocenters. The van der Waals surface area contributed by atoms with E-state index < -0.39 is 10.0 Å². The Morgan fingerprint density at radius 3 is 2.43 bits per heavy atom. The second-order valence-corrected chi connectivity index (χ2v) is 9.69. The number of carbonyl (C=O) groups excluding carboxylic acids is 1. The fourth-order valence-corrected chi connectivity index (χ4v) is 5.36. The summed E-state index contributed by atoms with van der Waals surface area (Å²) in [4.78, 5) is 14.7. The molecule has 1 aliphatic heterocycles. The number of para-hydroxylation sites is 1. The van der Waals surface area contributed by atoms with Crippen LogP contribution in [-0.4, -0.2) is 56.8 Å². The van der Waals surface area contributed by atoms with E-state index in [4.69, 9.17) is 4.74 Å². The Morgan fingerprint density at radius 2 is 1.73 bits per heavy atom. The Hall–Kier alpha value is -2.38. The molecule has 2 aromatic carbocycles. The number of likely N-dealkylation sites (N-methyl/N-ethyl adjacent to an activating group) is 1. The fraction of sp³-hybridized carbons (Fsp3) is 0.435. The molecular formula is C23H30N2O4S. The first-order valence-corrected chi connectivity index (χ1v) is 11.8. The number of amides is 1. The quantitative estimate of drug-likeness (QED) is 0.673. The summed E-state index contributed by atoms with van der Waals surface area (Å²) in [5.41, 5.74) is 2.06. The number of aryl methyl sites for hydroxylation is 2. The summed E-state index contributed by atoms with van der Waals surface area (Å²) in [5, 5.41) is 0. The van der Waals surface area contributed by atoms with Crippen LogP contribution in [0, 0.1) is 13.8 Å². The van der Waals surface area contributed by atoms with E-state index in [0.29, 0.717) is 37.4 Å². The van der Waals surface area contributed by atoms with E-state index in [1.165, 1.54) is 10.4 Å². The number of carbonyl (C=O) groups is 1. The normalized spacial score (nSPS) is 15.0. The maximum atomic E-state index is 13.1. The lowest BCUT2D eigenvalue weighted by Crippen LogP contribution is -2.36.